The van der Waals surface area contributed by atoms with Crippen LogP contribution in [0.1, 0.15) is 11.1 Å². The second kappa shape index (κ2) is 7.49. The summed E-state index contributed by atoms with van der Waals surface area (Å²) in [5.74, 6) is -2.14. The summed E-state index contributed by atoms with van der Waals surface area (Å²) < 4.78 is 27.9. The quantitative estimate of drug-likeness (QED) is 0.766. The molecule has 1 N–H and O–H groups in total. The molecule has 5 nitrogen and oxygen atoms in total. The van der Waals surface area contributed by atoms with Gasteiger partial charge in [-0.15, -0.1) is 0 Å². The van der Waals surface area contributed by atoms with Gasteiger partial charge in [0, 0.05) is 17.7 Å². The Kier molecular flexibility index (Phi) is 5.12. The van der Waals surface area contributed by atoms with Crippen molar-refractivity contribution >= 4 is 11.6 Å². The van der Waals surface area contributed by atoms with Gasteiger partial charge in [-0.2, -0.15) is 5.10 Å². The van der Waals surface area contributed by atoms with Gasteiger partial charge >= 0.3 is 0 Å². The lowest BCUT2D eigenvalue weighted by Gasteiger charge is -2.10. The maximum Gasteiger partial charge on any atom is 0.267 e. The van der Waals surface area contributed by atoms with E-state index < -0.39 is 29.6 Å². The Hall–Kier alpha value is -3.35. The Morgan fingerprint density at radius 2 is 1.85 bits per heavy atom. The molecule has 0 aliphatic heterocycles. The molecular weight excluding hydrogens is 352 g/mol. The topological polar surface area (TPSA) is 64.0 Å². The molecule has 0 fully saturated rings. The number of benzene rings is 2. The third-order valence-electron chi connectivity index (χ3n) is 4.03. The lowest BCUT2D eigenvalue weighted by molar-refractivity contribution is -0.117. The van der Waals surface area contributed by atoms with Crippen LogP contribution in [-0.4, -0.2) is 15.7 Å². The van der Waals surface area contributed by atoms with Crippen LogP contribution in [0.15, 0.2) is 53.3 Å². The van der Waals surface area contributed by atoms with E-state index in [1.807, 2.05) is 32.0 Å². The summed E-state index contributed by atoms with van der Waals surface area (Å²) in [6.45, 7) is 3.44. The monoisotopic (exact) mass is 369 g/mol. The zero-order valence-corrected chi connectivity index (χ0v) is 14.8. The van der Waals surface area contributed by atoms with Crippen molar-refractivity contribution in [2.24, 2.45) is 0 Å². The highest BCUT2D eigenvalue weighted by molar-refractivity contribution is 5.90. The van der Waals surface area contributed by atoms with Crippen LogP contribution < -0.4 is 10.9 Å². The van der Waals surface area contributed by atoms with Crippen molar-refractivity contribution in [3.8, 4) is 11.3 Å². The van der Waals surface area contributed by atoms with Crippen molar-refractivity contribution in [2.75, 3.05) is 5.32 Å². The summed E-state index contributed by atoms with van der Waals surface area (Å²) >= 11 is 0. The molecule has 0 aliphatic rings. The van der Waals surface area contributed by atoms with E-state index in [9.17, 15) is 18.4 Å². The van der Waals surface area contributed by atoms with Crippen molar-refractivity contribution in [3.05, 3.63) is 81.6 Å². The number of aromatic nitrogens is 2. The number of aryl methyl sites for hydroxylation is 2. The number of amides is 1. The third-order valence-corrected chi connectivity index (χ3v) is 4.03. The highest BCUT2D eigenvalue weighted by atomic mass is 19.1. The Labute approximate surface area is 154 Å². The highest BCUT2D eigenvalue weighted by Crippen LogP contribution is 2.21. The van der Waals surface area contributed by atoms with Crippen molar-refractivity contribution in [3.63, 3.8) is 0 Å². The minimum absolute atomic E-state index is 0.293. The first-order valence-corrected chi connectivity index (χ1v) is 8.24. The summed E-state index contributed by atoms with van der Waals surface area (Å²) in [6.07, 6.45) is 0. The van der Waals surface area contributed by atoms with E-state index >= 15 is 0 Å². The fourth-order valence-electron chi connectivity index (χ4n) is 2.64. The molecule has 3 aromatic rings. The van der Waals surface area contributed by atoms with Crippen LogP contribution in [0.2, 0.25) is 0 Å². The SMILES string of the molecule is Cc1ccc(C)c(-c2ccc(=O)n(CC(=O)Nc3cc(F)ccc3F)n2)c1. The fourth-order valence-corrected chi connectivity index (χ4v) is 2.64. The molecule has 7 heteroatoms. The van der Waals surface area contributed by atoms with Gasteiger partial charge < -0.3 is 5.32 Å². The van der Waals surface area contributed by atoms with E-state index in [1.165, 1.54) is 6.07 Å². The normalized spacial score (nSPS) is 10.7. The molecule has 3 rings (SSSR count). The number of nitrogens with one attached hydrogen (secondary N) is 1. The van der Waals surface area contributed by atoms with Crippen LogP contribution in [0.25, 0.3) is 11.3 Å². The van der Waals surface area contributed by atoms with Crippen LogP contribution in [0.4, 0.5) is 14.5 Å². The Bertz CT molecular complexity index is 1080. The number of nitrogens with zero attached hydrogens (tertiary/aromatic N) is 2. The molecular formula is C20H17F2N3O2. The molecule has 0 saturated carbocycles. The first-order chi connectivity index (χ1) is 12.8. The summed E-state index contributed by atoms with van der Waals surface area (Å²) in [6, 6.07) is 11.5. The van der Waals surface area contributed by atoms with Crippen LogP contribution in [-0.2, 0) is 11.3 Å². The maximum absolute atomic E-state index is 13.7. The van der Waals surface area contributed by atoms with Crippen LogP contribution in [0, 0.1) is 25.5 Å². The van der Waals surface area contributed by atoms with Crippen LogP contribution >= 0.6 is 0 Å². The molecule has 27 heavy (non-hydrogen) atoms. The maximum atomic E-state index is 13.7. The minimum Gasteiger partial charge on any atom is -0.322 e. The lowest BCUT2D eigenvalue weighted by atomic mass is 10.0. The zero-order chi connectivity index (χ0) is 19.6. The van der Waals surface area contributed by atoms with Gasteiger partial charge in [0.05, 0.1) is 11.4 Å². The Balaban J connectivity index is 1.86. The number of anilines is 1. The largest absolute Gasteiger partial charge is 0.322 e. The molecule has 0 bridgehead atoms. The standard InChI is InChI=1S/C20H17F2N3O2/c1-12-3-4-13(2)15(9-12)17-7-8-20(27)25(24-17)11-19(26)23-18-10-14(21)5-6-16(18)22/h3-10H,11H2,1-2H3,(H,23,26). The third kappa shape index (κ3) is 4.25. The van der Waals surface area contributed by atoms with Crippen molar-refractivity contribution in [1.29, 1.82) is 0 Å². The van der Waals surface area contributed by atoms with Crippen LogP contribution in [0.5, 0.6) is 0 Å². The van der Waals surface area contributed by atoms with Crippen molar-refractivity contribution in [1.82, 2.24) is 9.78 Å². The van der Waals surface area contributed by atoms with Gasteiger partial charge in [0.15, 0.2) is 0 Å². The smallest absolute Gasteiger partial charge is 0.267 e. The van der Waals surface area contributed by atoms with Gasteiger partial charge in [0.1, 0.15) is 18.2 Å². The number of carbonyl (C=O) groups is 1. The predicted octanol–water partition coefficient (Wildman–Crippen LogP) is 3.44. The first-order valence-electron chi connectivity index (χ1n) is 8.24. The van der Waals surface area contributed by atoms with Gasteiger partial charge in [0.2, 0.25) is 5.91 Å². The summed E-state index contributed by atoms with van der Waals surface area (Å²) in [5.41, 5.74) is 2.64. The average molecular weight is 369 g/mol. The number of hydrogen-bond donors (Lipinski definition) is 1. The van der Waals surface area contributed by atoms with Crippen molar-refractivity contribution < 1.29 is 13.6 Å². The lowest BCUT2D eigenvalue weighted by Crippen LogP contribution is -2.29. The summed E-state index contributed by atoms with van der Waals surface area (Å²) in [5, 5.41) is 6.49. The number of carbonyl (C=O) groups excluding carboxylic acids is 1. The van der Waals surface area contributed by atoms with E-state index in [0.717, 1.165) is 39.6 Å². The second-order valence-electron chi connectivity index (χ2n) is 6.21. The van der Waals surface area contributed by atoms with Crippen LogP contribution in [0.3, 0.4) is 0 Å². The van der Waals surface area contributed by atoms with Gasteiger partial charge in [-0.25, -0.2) is 13.5 Å². The second-order valence-corrected chi connectivity index (χ2v) is 6.21. The number of rotatable bonds is 4. The Morgan fingerprint density at radius 1 is 1.07 bits per heavy atom. The van der Waals surface area contributed by atoms with Gasteiger partial charge in [-0.1, -0.05) is 17.7 Å². The molecule has 1 amide bonds. The summed E-state index contributed by atoms with van der Waals surface area (Å²) in [4.78, 5) is 24.2. The molecule has 1 heterocycles. The van der Waals surface area contributed by atoms with Gasteiger partial charge in [-0.05, 0) is 43.7 Å². The highest BCUT2D eigenvalue weighted by Gasteiger charge is 2.12. The minimum atomic E-state index is -0.769. The van der Waals surface area contributed by atoms with Gasteiger partial charge in [0.25, 0.3) is 5.56 Å². The Morgan fingerprint density at radius 3 is 2.63 bits per heavy atom. The molecule has 0 unspecified atom stereocenters. The predicted molar refractivity (Wildman–Crippen MR) is 98.4 cm³/mol. The van der Waals surface area contributed by atoms with Gasteiger partial charge in [-0.3, -0.25) is 9.59 Å². The molecule has 0 atom stereocenters. The van der Waals surface area contributed by atoms with E-state index in [-0.39, 0.29) is 5.69 Å². The van der Waals surface area contributed by atoms with E-state index in [0.29, 0.717) is 5.69 Å². The molecule has 0 radical (unpaired) electrons. The van der Waals surface area contributed by atoms with E-state index in [2.05, 4.69) is 10.4 Å². The van der Waals surface area contributed by atoms with E-state index in [1.54, 1.807) is 6.07 Å². The van der Waals surface area contributed by atoms with Crippen molar-refractivity contribution in [2.45, 2.75) is 20.4 Å². The molecule has 138 valence electrons. The molecule has 2 aromatic carbocycles. The van der Waals surface area contributed by atoms with E-state index in [4.69, 9.17) is 0 Å². The molecule has 0 saturated heterocycles. The molecule has 0 spiro atoms. The molecule has 0 aliphatic carbocycles. The zero-order valence-electron chi connectivity index (χ0n) is 14.8. The first kappa shape index (κ1) is 18.4. The number of hydrogen-bond acceptors (Lipinski definition) is 3. The fraction of sp³-hybridized carbons (Fsp3) is 0.150. The molecule has 1 aromatic heterocycles. The average Bonchev–Trinajstić information content (AvgIpc) is 2.62. The number of halogens is 2. The summed E-state index contributed by atoms with van der Waals surface area (Å²) in [7, 11) is 0.